The lowest BCUT2D eigenvalue weighted by atomic mass is 9.96. The molecule has 0 aliphatic rings. The summed E-state index contributed by atoms with van der Waals surface area (Å²) in [5.74, 6) is 0.00705. The topological polar surface area (TPSA) is 57.0 Å². The highest BCUT2D eigenvalue weighted by molar-refractivity contribution is 5.87. The highest BCUT2D eigenvalue weighted by Crippen LogP contribution is 2.37. The maximum atomic E-state index is 12.3. The molecule has 0 aliphatic carbocycles. The molecule has 4 aromatic carbocycles. The van der Waals surface area contributed by atoms with E-state index in [9.17, 15) is 4.79 Å². The van der Waals surface area contributed by atoms with Gasteiger partial charge in [-0.1, -0.05) is 79.4 Å². The van der Waals surface area contributed by atoms with E-state index in [-0.39, 0.29) is 0 Å². The number of benzene rings is 4. The van der Waals surface area contributed by atoms with Crippen molar-refractivity contribution in [2.75, 3.05) is 0 Å². The molecule has 0 amide bonds. The summed E-state index contributed by atoms with van der Waals surface area (Å²) in [6.45, 7) is 3.56. The van der Waals surface area contributed by atoms with Crippen LogP contribution in [-0.2, 0) is 11.2 Å². The van der Waals surface area contributed by atoms with E-state index >= 15 is 0 Å². The fraction of sp³-hybridized carbons (Fsp3) is 0.0357. The molecule has 1 heterocycles. The van der Waals surface area contributed by atoms with Gasteiger partial charge in [-0.3, -0.25) is 0 Å². The minimum Gasteiger partial charge on any atom is -0.422 e. The molecule has 0 N–H and O–H groups in total. The number of hydrogen-bond donors (Lipinski definition) is 0. The maximum Gasteiger partial charge on any atom is 0.335 e. The van der Waals surface area contributed by atoms with Crippen LogP contribution < -0.4 is 4.74 Å². The van der Waals surface area contributed by atoms with Crippen molar-refractivity contribution >= 4 is 17.0 Å². The molecule has 33 heavy (non-hydrogen) atoms. The second kappa shape index (κ2) is 8.93. The fourth-order valence-corrected chi connectivity index (χ4v) is 3.80. The molecular formula is C28H21N3O2. The number of rotatable bonds is 6. The monoisotopic (exact) mass is 431 g/mol. The largest absolute Gasteiger partial charge is 0.422 e. The molecule has 0 spiro atoms. The Morgan fingerprint density at radius 2 is 1.45 bits per heavy atom. The standard InChI is InChI=1S/C28H21N3O2/c1-2-27(32)33-28-22(17-20-11-5-3-6-12-20)18-23(19-24(28)21-13-7-4-8-14-21)31-29-25-15-9-10-16-26(25)30-31/h2-16,18-19H,1,17H2. The van der Waals surface area contributed by atoms with Crippen LogP contribution in [0.1, 0.15) is 11.1 Å². The Morgan fingerprint density at radius 1 is 0.848 bits per heavy atom. The lowest BCUT2D eigenvalue weighted by molar-refractivity contribution is -0.128. The predicted octanol–water partition coefficient (Wildman–Crippen LogP) is 5.77. The molecule has 0 aliphatic heterocycles. The van der Waals surface area contributed by atoms with Gasteiger partial charge in [-0.05, 0) is 35.4 Å². The van der Waals surface area contributed by atoms with E-state index in [0.717, 1.165) is 39.0 Å². The summed E-state index contributed by atoms with van der Waals surface area (Å²) in [6.07, 6.45) is 1.76. The summed E-state index contributed by atoms with van der Waals surface area (Å²) in [5, 5.41) is 9.31. The lowest BCUT2D eigenvalue weighted by Crippen LogP contribution is -2.09. The third-order valence-electron chi connectivity index (χ3n) is 5.36. The number of carbonyl (C=O) groups is 1. The van der Waals surface area contributed by atoms with E-state index in [1.54, 1.807) is 4.80 Å². The molecular weight excluding hydrogens is 410 g/mol. The average molecular weight is 431 g/mol. The molecule has 5 nitrogen and oxygen atoms in total. The molecule has 0 saturated heterocycles. The van der Waals surface area contributed by atoms with Crippen LogP contribution in [0.3, 0.4) is 0 Å². The summed E-state index contributed by atoms with van der Waals surface area (Å²) in [4.78, 5) is 13.9. The Morgan fingerprint density at radius 3 is 2.09 bits per heavy atom. The first-order valence-corrected chi connectivity index (χ1v) is 10.6. The molecule has 0 fully saturated rings. The minimum atomic E-state index is -0.503. The number of ether oxygens (including phenoxy) is 1. The average Bonchev–Trinajstić information content (AvgIpc) is 3.30. The van der Waals surface area contributed by atoms with Gasteiger partial charge >= 0.3 is 5.97 Å². The Labute approximate surface area is 191 Å². The quantitative estimate of drug-likeness (QED) is 0.195. The first-order valence-electron chi connectivity index (χ1n) is 10.6. The molecule has 5 heteroatoms. The smallest absolute Gasteiger partial charge is 0.335 e. The van der Waals surface area contributed by atoms with Crippen molar-refractivity contribution in [3.8, 4) is 22.6 Å². The van der Waals surface area contributed by atoms with Crippen molar-refractivity contribution in [3.63, 3.8) is 0 Å². The summed E-state index contributed by atoms with van der Waals surface area (Å²) in [7, 11) is 0. The van der Waals surface area contributed by atoms with Crippen molar-refractivity contribution < 1.29 is 9.53 Å². The number of nitrogens with zero attached hydrogens (tertiary/aromatic N) is 3. The Bertz CT molecular complexity index is 1410. The number of carbonyl (C=O) groups excluding carboxylic acids is 1. The summed E-state index contributed by atoms with van der Waals surface area (Å²) in [6, 6.07) is 31.6. The van der Waals surface area contributed by atoms with Crippen molar-refractivity contribution in [2.45, 2.75) is 6.42 Å². The fourth-order valence-electron chi connectivity index (χ4n) is 3.80. The third-order valence-corrected chi connectivity index (χ3v) is 5.36. The first kappa shape index (κ1) is 20.4. The summed E-state index contributed by atoms with van der Waals surface area (Å²) < 4.78 is 5.80. The maximum absolute atomic E-state index is 12.3. The Balaban J connectivity index is 1.74. The highest BCUT2D eigenvalue weighted by atomic mass is 16.5. The third kappa shape index (κ3) is 4.29. The van der Waals surface area contributed by atoms with Gasteiger partial charge in [0.25, 0.3) is 0 Å². The minimum absolute atomic E-state index is 0.503. The van der Waals surface area contributed by atoms with Gasteiger partial charge < -0.3 is 4.74 Å². The van der Waals surface area contributed by atoms with Crippen molar-refractivity contribution in [3.05, 3.63) is 121 Å². The van der Waals surface area contributed by atoms with E-state index in [0.29, 0.717) is 12.2 Å². The van der Waals surface area contributed by atoms with Crippen molar-refractivity contribution in [1.82, 2.24) is 15.0 Å². The van der Waals surface area contributed by atoms with E-state index in [4.69, 9.17) is 4.74 Å². The number of fused-ring (bicyclic) bond motifs is 1. The van der Waals surface area contributed by atoms with Gasteiger partial charge in [-0.25, -0.2) is 4.79 Å². The van der Waals surface area contributed by atoms with Gasteiger partial charge in [0.15, 0.2) is 0 Å². The second-order valence-corrected chi connectivity index (χ2v) is 7.61. The summed E-state index contributed by atoms with van der Waals surface area (Å²) >= 11 is 0. The van der Waals surface area contributed by atoms with Gasteiger partial charge in [0.05, 0.1) is 5.69 Å². The zero-order valence-corrected chi connectivity index (χ0v) is 17.9. The molecule has 0 bridgehead atoms. The zero-order valence-electron chi connectivity index (χ0n) is 17.9. The lowest BCUT2D eigenvalue weighted by Gasteiger charge is -2.17. The van der Waals surface area contributed by atoms with Gasteiger partial charge in [0.2, 0.25) is 0 Å². The van der Waals surface area contributed by atoms with E-state index in [2.05, 4.69) is 28.9 Å². The zero-order chi connectivity index (χ0) is 22.6. The van der Waals surface area contributed by atoms with E-state index in [1.165, 1.54) is 6.08 Å². The Hall–Kier alpha value is -4.51. The van der Waals surface area contributed by atoms with E-state index in [1.807, 2.05) is 84.9 Å². The second-order valence-electron chi connectivity index (χ2n) is 7.61. The molecule has 5 aromatic rings. The first-order chi connectivity index (χ1) is 16.2. The van der Waals surface area contributed by atoms with Gasteiger partial charge in [-0.2, -0.15) is 4.80 Å². The molecule has 0 unspecified atom stereocenters. The van der Waals surface area contributed by atoms with Crippen LogP contribution in [0.2, 0.25) is 0 Å². The summed E-state index contributed by atoms with van der Waals surface area (Å²) in [5.41, 5.74) is 6.08. The molecule has 5 rings (SSSR count). The number of aromatic nitrogens is 3. The van der Waals surface area contributed by atoms with Crippen molar-refractivity contribution in [1.29, 1.82) is 0 Å². The van der Waals surface area contributed by atoms with Gasteiger partial charge in [0, 0.05) is 23.6 Å². The van der Waals surface area contributed by atoms with Crippen LogP contribution in [0.4, 0.5) is 0 Å². The predicted molar refractivity (Wildman–Crippen MR) is 129 cm³/mol. The van der Waals surface area contributed by atoms with Crippen LogP contribution in [0.25, 0.3) is 27.8 Å². The van der Waals surface area contributed by atoms with Crippen LogP contribution in [0.15, 0.2) is 110 Å². The Kier molecular flexibility index (Phi) is 5.52. The molecule has 1 aromatic heterocycles. The molecule has 160 valence electrons. The van der Waals surface area contributed by atoms with Gasteiger partial charge in [-0.15, -0.1) is 10.2 Å². The highest BCUT2D eigenvalue weighted by Gasteiger charge is 2.19. The number of esters is 1. The van der Waals surface area contributed by atoms with Gasteiger partial charge in [0.1, 0.15) is 16.8 Å². The van der Waals surface area contributed by atoms with Crippen LogP contribution in [0.5, 0.6) is 5.75 Å². The van der Waals surface area contributed by atoms with E-state index < -0.39 is 5.97 Å². The molecule has 0 saturated carbocycles. The normalized spacial score (nSPS) is 10.8. The SMILES string of the molecule is C=CC(=O)Oc1c(Cc2ccccc2)cc(-n2nc3ccccc3n2)cc1-c1ccccc1. The van der Waals surface area contributed by atoms with Crippen LogP contribution >= 0.6 is 0 Å². The molecule has 0 radical (unpaired) electrons. The van der Waals surface area contributed by atoms with Crippen LogP contribution in [-0.4, -0.2) is 21.0 Å². The van der Waals surface area contributed by atoms with Crippen molar-refractivity contribution in [2.24, 2.45) is 0 Å². The number of hydrogen-bond acceptors (Lipinski definition) is 4. The van der Waals surface area contributed by atoms with Crippen LogP contribution in [0, 0.1) is 0 Å². The molecule has 0 atom stereocenters.